The maximum absolute atomic E-state index is 13.6. The summed E-state index contributed by atoms with van der Waals surface area (Å²) in [5.41, 5.74) is 11.2. The van der Waals surface area contributed by atoms with Crippen LogP contribution in [0.15, 0.2) is 18.2 Å². The van der Waals surface area contributed by atoms with Crippen LogP contribution in [-0.4, -0.2) is 25.6 Å². The van der Waals surface area contributed by atoms with Crippen LogP contribution >= 0.6 is 0 Å². The highest BCUT2D eigenvalue weighted by atomic mass is 19.1. The molecular formula is C12H18FN3O2. The Morgan fingerprint density at radius 3 is 2.83 bits per heavy atom. The molecule has 0 bridgehead atoms. The number of nitrogens with two attached hydrogens (primary N) is 1. The van der Waals surface area contributed by atoms with Crippen LogP contribution in [0, 0.1) is 5.82 Å². The summed E-state index contributed by atoms with van der Waals surface area (Å²) in [5.74, 6) is -0.586. The molecule has 18 heavy (non-hydrogen) atoms. The summed E-state index contributed by atoms with van der Waals surface area (Å²) < 4.78 is 18.6. The molecule has 1 unspecified atom stereocenters. The van der Waals surface area contributed by atoms with Crippen LogP contribution < -0.4 is 21.3 Å². The molecule has 0 aliphatic carbocycles. The minimum atomic E-state index is -0.727. The number of carbonyl (C=O) groups excluding carboxylic acids is 1. The third kappa shape index (κ3) is 3.97. The molecule has 0 aliphatic rings. The van der Waals surface area contributed by atoms with Crippen molar-refractivity contribution in [1.29, 1.82) is 0 Å². The van der Waals surface area contributed by atoms with Crippen LogP contribution in [0.3, 0.4) is 0 Å². The molecule has 1 amide bonds. The molecule has 0 heterocycles. The van der Waals surface area contributed by atoms with Gasteiger partial charge in [-0.1, -0.05) is 6.07 Å². The minimum Gasteiger partial charge on any atom is -0.491 e. The number of amides is 1. The average molecular weight is 255 g/mol. The van der Waals surface area contributed by atoms with Crippen LogP contribution in [0.1, 0.15) is 12.5 Å². The summed E-state index contributed by atoms with van der Waals surface area (Å²) in [5, 5.41) is 0. The Balaban J connectivity index is 2.68. The average Bonchev–Trinajstić information content (AvgIpc) is 2.33. The lowest BCUT2D eigenvalue weighted by molar-refractivity contribution is -0.123. The second kappa shape index (κ2) is 6.93. The predicted octanol–water partition coefficient (Wildman–Crippen LogP) is 0.345. The zero-order chi connectivity index (χ0) is 13.5. The highest BCUT2D eigenvalue weighted by molar-refractivity contribution is 5.81. The SMILES string of the molecule is CCOc1ccc(CC(N)C(=O)NNC)cc1F. The van der Waals surface area contributed by atoms with Crippen LogP contribution in [0.4, 0.5) is 4.39 Å². The van der Waals surface area contributed by atoms with Gasteiger partial charge in [0.1, 0.15) is 0 Å². The van der Waals surface area contributed by atoms with Gasteiger partial charge in [-0.25, -0.2) is 9.82 Å². The number of benzene rings is 1. The van der Waals surface area contributed by atoms with Crippen LogP contribution in [0.25, 0.3) is 0 Å². The molecule has 0 spiro atoms. The van der Waals surface area contributed by atoms with Crippen molar-refractivity contribution < 1.29 is 13.9 Å². The van der Waals surface area contributed by atoms with E-state index in [0.29, 0.717) is 12.2 Å². The summed E-state index contributed by atoms with van der Waals surface area (Å²) in [6.07, 6.45) is 0.261. The van der Waals surface area contributed by atoms with E-state index in [2.05, 4.69) is 10.9 Å². The molecule has 4 N–H and O–H groups in total. The van der Waals surface area contributed by atoms with Gasteiger partial charge < -0.3 is 10.5 Å². The Morgan fingerprint density at radius 1 is 1.56 bits per heavy atom. The lowest BCUT2D eigenvalue weighted by Gasteiger charge is -2.12. The van der Waals surface area contributed by atoms with Gasteiger partial charge in [0.2, 0.25) is 0 Å². The van der Waals surface area contributed by atoms with E-state index in [1.165, 1.54) is 12.1 Å². The maximum Gasteiger partial charge on any atom is 0.251 e. The first kappa shape index (κ1) is 14.4. The van der Waals surface area contributed by atoms with Gasteiger partial charge in [0, 0.05) is 7.05 Å². The Bertz CT molecular complexity index is 412. The lowest BCUT2D eigenvalue weighted by atomic mass is 10.1. The van der Waals surface area contributed by atoms with Gasteiger partial charge in [0.15, 0.2) is 11.6 Å². The fourth-order valence-electron chi connectivity index (χ4n) is 1.51. The van der Waals surface area contributed by atoms with Crippen LogP contribution in [-0.2, 0) is 11.2 Å². The first-order valence-electron chi connectivity index (χ1n) is 5.71. The summed E-state index contributed by atoms with van der Waals surface area (Å²) in [6.45, 7) is 2.19. The molecule has 1 atom stereocenters. The van der Waals surface area contributed by atoms with Gasteiger partial charge in [-0.3, -0.25) is 10.2 Å². The molecule has 6 heteroatoms. The molecule has 0 radical (unpaired) electrons. The van der Waals surface area contributed by atoms with Gasteiger partial charge in [-0.15, -0.1) is 0 Å². The predicted molar refractivity (Wildman–Crippen MR) is 66.5 cm³/mol. The van der Waals surface area contributed by atoms with Crippen molar-refractivity contribution in [2.75, 3.05) is 13.7 Å². The molecule has 0 saturated carbocycles. The molecule has 0 aliphatic heterocycles. The first-order valence-corrected chi connectivity index (χ1v) is 5.71. The number of ether oxygens (including phenoxy) is 1. The highest BCUT2D eigenvalue weighted by Crippen LogP contribution is 2.18. The summed E-state index contributed by atoms with van der Waals surface area (Å²) in [4.78, 5) is 11.4. The monoisotopic (exact) mass is 255 g/mol. The van der Waals surface area contributed by atoms with Crippen molar-refractivity contribution in [3.63, 3.8) is 0 Å². The van der Waals surface area contributed by atoms with E-state index in [-0.39, 0.29) is 18.1 Å². The number of halogens is 1. The van der Waals surface area contributed by atoms with Crippen molar-refractivity contribution in [1.82, 2.24) is 10.9 Å². The minimum absolute atomic E-state index is 0.203. The Labute approximate surface area is 105 Å². The standard InChI is InChI=1S/C12H18FN3O2/c1-3-18-11-5-4-8(6-9(11)13)7-10(14)12(17)16-15-2/h4-6,10,15H,3,7,14H2,1-2H3,(H,16,17). The second-order valence-electron chi connectivity index (χ2n) is 3.75. The molecule has 1 rings (SSSR count). The Morgan fingerprint density at radius 2 is 2.28 bits per heavy atom. The van der Waals surface area contributed by atoms with Crippen molar-refractivity contribution >= 4 is 5.91 Å². The van der Waals surface area contributed by atoms with Gasteiger partial charge >= 0.3 is 0 Å². The first-order chi connectivity index (χ1) is 8.58. The van der Waals surface area contributed by atoms with Gasteiger partial charge in [0.25, 0.3) is 5.91 Å². The topological polar surface area (TPSA) is 76.4 Å². The van der Waals surface area contributed by atoms with Crippen molar-refractivity contribution in [2.45, 2.75) is 19.4 Å². The third-order valence-electron chi connectivity index (χ3n) is 2.34. The highest BCUT2D eigenvalue weighted by Gasteiger charge is 2.14. The number of hydrogen-bond acceptors (Lipinski definition) is 4. The summed E-state index contributed by atoms with van der Waals surface area (Å²) >= 11 is 0. The summed E-state index contributed by atoms with van der Waals surface area (Å²) in [6, 6.07) is 3.84. The van der Waals surface area contributed by atoms with Crippen LogP contribution in [0.2, 0.25) is 0 Å². The molecule has 100 valence electrons. The zero-order valence-electron chi connectivity index (χ0n) is 10.5. The van der Waals surface area contributed by atoms with E-state index in [0.717, 1.165) is 0 Å². The number of rotatable bonds is 6. The van der Waals surface area contributed by atoms with Crippen molar-refractivity contribution in [2.24, 2.45) is 5.73 Å². The maximum atomic E-state index is 13.6. The van der Waals surface area contributed by atoms with E-state index >= 15 is 0 Å². The Kier molecular flexibility index (Phi) is 5.54. The smallest absolute Gasteiger partial charge is 0.251 e. The van der Waals surface area contributed by atoms with Crippen LogP contribution in [0.5, 0.6) is 5.75 Å². The van der Waals surface area contributed by atoms with E-state index in [9.17, 15) is 9.18 Å². The number of carbonyl (C=O) groups is 1. The van der Waals surface area contributed by atoms with Gasteiger partial charge in [-0.2, -0.15) is 0 Å². The van der Waals surface area contributed by atoms with Gasteiger partial charge in [-0.05, 0) is 31.0 Å². The fourth-order valence-corrected chi connectivity index (χ4v) is 1.51. The van der Waals surface area contributed by atoms with E-state index in [1.807, 2.05) is 0 Å². The number of nitrogens with one attached hydrogen (secondary N) is 2. The molecule has 1 aromatic rings. The van der Waals surface area contributed by atoms with E-state index in [4.69, 9.17) is 10.5 Å². The molecule has 1 aromatic carbocycles. The quantitative estimate of drug-likeness (QED) is 0.641. The molecule has 0 aromatic heterocycles. The zero-order valence-corrected chi connectivity index (χ0v) is 10.5. The number of hydrogen-bond donors (Lipinski definition) is 3. The number of hydrazine groups is 1. The molecule has 5 nitrogen and oxygen atoms in total. The Hall–Kier alpha value is -1.66. The molecule has 0 saturated heterocycles. The largest absolute Gasteiger partial charge is 0.491 e. The second-order valence-corrected chi connectivity index (χ2v) is 3.75. The van der Waals surface area contributed by atoms with E-state index < -0.39 is 11.9 Å². The van der Waals surface area contributed by atoms with Crippen molar-refractivity contribution in [3.05, 3.63) is 29.6 Å². The lowest BCUT2D eigenvalue weighted by Crippen LogP contribution is -2.46. The normalized spacial score (nSPS) is 12.0. The fraction of sp³-hybridized carbons (Fsp3) is 0.417. The molecular weight excluding hydrogens is 237 g/mol. The van der Waals surface area contributed by atoms with E-state index in [1.54, 1.807) is 20.0 Å². The van der Waals surface area contributed by atoms with Gasteiger partial charge in [0.05, 0.1) is 12.6 Å². The summed E-state index contributed by atoms with van der Waals surface area (Å²) in [7, 11) is 1.57. The van der Waals surface area contributed by atoms with Crippen molar-refractivity contribution in [3.8, 4) is 5.75 Å². The third-order valence-corrected chi connectivity index (χ3v) is 2.34. The molecule has 0 fully saturated rings.